The average Bonchev–Trinajstić information content (AvgIpc) is 2.81. The van der Waals surface area contributed by atoms with E-state index < -0.39 is 0 Å². The minimum Gasteiger partial charge on any atom is -0.481 e. The molecule has 0 atom stereocenters. The lowest BCUT2D eigenvalue weighted by molar-refractivity contribution is 0.395. The Morgan fingerprint density at radius 3 is 3.00 bits per heavy atom. The number of hydrogen-bond donors (Lipinski definition) is 1. The molecule has 2 aromatic rings. The van der Waals surface area contributed by atoms with Gasteiger partial charge >= 0.3 is 0 Å². The van der Waals surface area contributed by atoms with E-state index in [0.717, 1.165) is 10.8 Å². The fraction of sp³-hybridized carbons (Fsp3) is 0.182. The zero-order chi connectivity index (χ0) is 11.4. The maximum atomic E-state index is 5.81. The Labute approximate surface area is 97.8 Å². The van der Waals surface area contributed by atoms with E-state index in [1.54, 1.807) is 25.5 Å². The molecule has 0 unspecified atom stereocenters. The second kappa shape index (κ2) is 4.94. The van der Waals surface area contributed by atoms with Gasteiger partial charge in [0, 0.05) is 6.07 Å². The van der Waals surface area contributed by atoms with Crippen LogP contribution < -0.4 is 10.5 Å². The Kier molecular flexibility index (Phi) is 3.36. The highest BCUT2D eigenvalue weighted by atomic mass is 32.2. The van der Waals surface area contributed by atoms with Gasteiger partial charge < -0.3 is 14.9 Å². The van der Waals surface area contributed by atoms with Crippen LogP contribution in [0.2, 0.25) is 0 Å². The van der Waals surface area contributed by atoms with Gasteiger partial charge in [-0.3, -0.25) is 0 Å². The molecular formula is C11H12N2O2S. The largest absolute Gasteiger partial charge is 0.481 e. The van der Waals surface area contributed by atoms with Crippen LogP contribution in [0.25, 0.3) is 0 Å². The van der Waals surface area contributed by atoms with E-state index in [2.05, 4.69) is 4.98 Å². The summed E-state index contributed by atoms with van der Waals surface area (Å²) in [4.78, 5) is 4.26. The molecule has 16 heavy (non-hydrogen) atoms. The van der Waals surface area contributed by atoms with Gasteiger partial charge in [-0.25, -0.2) is 4.98 Å². The van der Waals surface area contributed by atoms with Crippen molar-refractivity contribution in [2.75, 3.05) is 12.8 Å². The van der Waals surface area contributed by atoms with Crippen LogP contribution in [0.1, 0.15) is 5.76 Å². The van der Waals surface area contributed by atoms with E-state index >= 15 is 0 Å². The summed E-state index contributed by atoms with van der Waals surface area (Å²) in [7, 11) is 1.58. The molecule has 0 fully saturated rings. The lowest BCUT2D eigenvalue weighted by Gasteiger charge is -2.05. The molecule has 0 aliphatic rings. The third-order valence-corrected chi connectivity index (χ3v) is 3.03. The standard InChI is InChI=1S/C11H12N2O2S/c1-14-10-5-4-9(12)11(13-10)16-7-8-3-2-6-15-8/h2-6H,7,12H2,1H3. The van der Waals surface area contributed by atoms with Gasteiger partial charge in [-0.05, 0) is 18.2 Å². The smallest absolute Gasteiger partial charge is 0.214 e. The van der Waals surface area contributed by atoms with Crippen LogP contribution in [0, 0.1) is 0 Å². The van der Waals surface area contributed by atoms with Crippen molar-refractivity contribution in [2.24, 2.45) is 0 Å². The van der Waals surface area contributed by atoms with E-state index in [4.69, 9.17) is 14.9 Å². The number of rotatable bonds is 4. The van der Waals surface area contributed by atoms with Crippen LogP contribution in [0.3, 0.4) is 0 Å². The molecule has 2 rings (SSSR count). The summed E-state index contributed by atoms with van der Waals surface area (Å²) in [5.74, 6) is 2.17. The number of nitrogens with two attached hydrogens (primary N) is 1. The highest BCUT2D eigenvalue weighted by Crippen LogP contribution is 2.28. The molecule has 2 aromatic heterocycles. The van der Waals surface area contributed by atoms with Crippen molar-refractivity contribution in [3.05, 3.63) is 36.3 Å². The summed E-state index contributed by atoms with van der Waals surface area (Å²) in [5.41, 5.74) is 6.46. The molecule has 4 nitrogen and oxygen atoms in total. The van der Waals surface area contributed by atoms with Gasteiger partial charge in [0.1, 0.15) is 10.8 Å². The molecule has 0 saturated carbocycles. The zero-order valence-electron chi connectivity index (χ0n) is 8.84. The number of nitrogen functional groups attached to an aromatic ring is 1. The number of nitrogens with zero attached hydrogens (tertiary/aromatic N) is 1. The SMILES string of the molecule is COc1ccc(N)c(SCc2ccco2)n1. The molecule has 0 aromatic carbocycles. The number of anilines is 1. The van der Waals surface area contributed by atoms with E-state index in [0.29, 0.717) is 17.3 Å². The zero-order valence-corrected chi connectivity index (χ0v) is 9.66. The van der Waals surface area contributed by atoms with Crippen molar-refractivity contribution in [1.29, 1.82) is 0 Å². The molecule has 0 amide bonds. The first-order valence-electron chi connectivity index (χ1n) is 4.75. The quantitative estimate of drug-likeness (QED) is 0.827. The number of methoxy groups -OCH3 is 1. The predicted octanol–water partition coefficient (Wildman–Crippen LogP) is 2.56. The van der Waals surface area contributed by atoms with Crippen molar-refractivity contribution < 1.29 is 9.15 Å². The van der Waals surface area contributed by atoms with Crippen molar-refractivity contribution >= 4 is 17.4 Å². The fourth-order valence-corrected chi connectivity index (χ4v) is 2.03. The highest BCUT2D eigenvalue weighted by Gasteiger charge is 2.05. The molecule has 0 aliphatic carbocycles. The van der Waals surface area contributed by atoms with E-state index in [9.17, 15) is 0 Å². The Hall–Kier alpha value is -1.62. The van der Waals surface area contributed by atoms with Crippen molar-refractivity contribution in [3.8, 4) is 5.88 Å². The molecule has 0 radical (unpaired) electrons. The van der Waals surface area contributed by atoms with Crippen molar-refractivity contribution in [3.63, 3.8) is 0 Å². The summed E-state index contributed by atoms with van der Waals surface area (Å²) in [5, 5.41) is 0.760. The number of furan rings is 1. The van der Waals surface area contributed by atoms with Crippen LogP contribution >= 0.6 is 11.8 Å². The highest BCUT2D eigenvalue weighted by molar-refractivity contribution is 7.98. The predicted molar refractivity (Wildman–Crippen MR) is 63.5 cm³/mol. The Balaban J connectivity index is 2.08. The molecule has 0 spiro atoms. The molecule has 2 heterocycles. The lowest BCUT2D eigenvalue weighted by atomic mass is 10.4. The molecule has 84 valence electrons. The number of thioether (sulfide) groups is 1. The first kappa shape index (κ1) is 10.9. The maximum Gasteiger partial charge on any atom is 0.214 e. The molecule has 0 saturated heterocycles. The van der Waals surface area contributed by atoms with Gasteiger partial charge in [0.25, 0.3) is 0 Å². The maximum absolute atomic E-state index is 5.81. The number of aromatic nitrogens is 1. The number of pyridine rings is 1. The summed E-state index contributed by atoms with van der Waals surface area (Å²) < 4.78 is 10.3. The topological polar surface area (TPSA) is 61.3 Å². The molecule has 0 bridgehead atoms. The van der Waals surface area contributed by atoms with E-state index in [1.165, 1.54) is 11.8 Å². The lowest BCUT2D eigenvalue weighted by Crippen LogP contribution is -1.95. The summed E-state index contributed by atoms with van der Waals surface area (Å²) >= 11 is 1.52. The van der Waals surface area contributed by atoms with Crippen molar-refractivity contribution in [2.45, 2.75) is 10.8 Å². The molecule has 0 aliphatic heterocycles. The summed E-state index contributed by atoms with van der Waals surface area (Å²) in [6, 6.07) is 7.31. The van der Waals surface area contributed by atoms with Crippen LogP contribution in [0.15, 0.2) is 40.0 Å². The van der Waals surface area contributed by atoms with Gasteiger partial charge in [-0.15, -0.1) is 0 Å². The normalized spacial score (nSPS) is 10.3. The fourth-order valence-electron chi connectivity index (χ4n) is 1.20. The third kappa shape index (κ3) is 2.49. The first-order valence-corrected chi connectivity index (χ1v) is 5.74. The first-order chi connectivity index (χ1) is 7.79. The van der Waals surface area contributed by atoms with Gasteiger partial charge in [-0.2, -0.15) is 0 Å². The second-order valence-electron chi connectivity index (χ2n) is 3.12. The van der Waals surface area contributed by atoms with Gasteiger partial charge in [0.2, 0.25) is 5.88 Å². The van der Waals surface area contributed by atoms with E-state index in [1.807, 2.05) is 12.1 Å². The Morgan fingerprint density at radius 1 is 1.44 bits per heavy atom. The summed E-state index contributed by atoms with van der Waals surface area (Å²) in [6.07, 6.45) is 1.65. The minimum atomic E-state index is 0.566. The van der Waals surface area contributed by atoms with Crippen molar-refractivity contribution in [1.82, 2.24) is 4.98 Å². The van der Waals surface area contributed by atoms with Crippen LogP contribution in [0.4, 0.5) is 5.69 Å². The van der Waals surface area contributed by atoms with Gasteiger partial charge in [-0.1, -0.05) is 11.8 Å². The number of hydrogen-bond acceptors (Lipinski definition) is 5. The minimum absolute atomic E-state index is 0.566. The average molecular weight is 236 g/mol. The molecular weight excluding hydrogens is 224 g/mol. The van der Waals surface area contributed by atoms with Crippen LogP contribution in [-0.2, 0) is 5.75 Å². The Morgan fingerprint density at radius 2 is 2.31 bits per heavy atom. The summed E-state index contributed by atoms with van der Waals surface area (Å²) in [6.45, 7) is 0. The van der Waals surface area contributed by atoms with E-state index in [-0.39, 0.29) is 0 Å². The monoisotopic (exact) mass is 236 g/mol. The van der Waals surface area contributed by atoms with Gasteiger partial charge in [0.15, 0.2) is 0 Å². The van der Waals surface area contributed by atoms with Crippen LogP contribution in [-0.4, -0.2) is 12.1 Å². The third-order valence-electron chi connectivity index (χ3n) is 2.00. The molecule has 5 heteroatoms. The van der Waals surface area contributed by atoms with Gasteiger partial charge in [0.05, 0.1) is 24.8 Å². The second-order valence-corrected chi connectivity index (χ2v) is 4.08. The number of ether oxygens (including phenoxy) is 1. The van der Waals surface area contributed by atoms with Crippen LogP contribution in [0.5, 0.6) is 5.88 Å². The molecule has 2 N–H and O–H groups in total. The Bertz CT molecular complexity index is 457.